The molecule has 0 aliphatic carbocycles. The number of ether oxygens (including phenoxy) is 2. The van der Waals surface area contributed by atoms with Gasteiger partial charge in [-0.05, 0) is 19.8 Å². The molecule has 0 spiro atoms. The van der Waals surface area contributed by atoms with Gasteiger partial charge >= 0.3 is 11.9 Å². The van der Waals surface area contributed by atoms with Crippen molar-refractivity contribution >= 4 is 11.9 Å². The monoisotopic (exact) mass is 469 g/mol. The molecule has 0 bridgehead atoms. The van der Waals surface area contributed by atoms with Gasteiger partial charge in [0.05, 0.1) is 5.54 Å². The second-order valence-corrected chi connectivity index (χ2v) is 10.1. The summed E-state index contributed by atoms with van der Waals surface area (Å²) in [5, 5.41) is 0. The molecule has 2 N–H and O–H groups in total. The lowest BCUT2D eigenvalue weighted by Crippen LogP contribution is -2.46. The molecule has 0 heterocycles. The summed E-state index contributed by atoms with van der Waals surface area (Å²) in [4.78, 5) is 23.9. The second kappa shape index (κ2) is 22.7. The molecule has 0 aromatic heterocycles. The van der Waals surface area contributed by atoms with Crippen LogP contribution in [0.25, 0.3) is 0 Å². The van der Waals surface area contributed by atoms with E-state index in [1.807, 2.05) is 0 Å². The van der Waals surface area contributed by atoms with Crippen LogP contribution in [0, 0.1) is 0 Å². The molecule has 196 valence electrons. The van der Waals surface area contributed by atoms with E-state index < -0.39 is 5.54 Å². The third-order valence-corrected chi connectivity index (χ3v) is 6.09. The van der Waals surface area contributed by atoms with Gasteiger partial charge in [-0.2, -0.15) is 0 Å². The molecule has 0 radical (unpaired) electrons. The zero-order valence-electron chi connectivity index (χ0n) is 22.3. The summed E-state index contributed by atoms with van der Waals surface area (Å²) in [6.45, 7) is 6.38. The van der Waals surface area contributed by atoms with Crippen molar-refractivity contribution in [1.29, 1.82) is 0 Å². The highest BCUT2D eigenvalue weighted by atomic mass is 16.5. The van der Waals surface area contributed by atoms with E-state index in [0.717, 1.165) is 25.7 Å². The number of unbranched alkanes of at least 4 members (excludes halogenated alkanes) is 16. The van der Waals surface area contributed by atoms with Crippen LogP contribution < -0.4 is 5.73 Å². The molecular weight excluding hydrogens is 414 g/mol. The summed E-state index contributed by atoms with van der Waals surface area (Å²) in [5.74, 6) is -0.425. The molecule has 0 aliphatic rings. The van der Waals surface area contributed by atoms with Crippen molar-refractivity contribution in [3.05, 3.63) is 0 Å². The molecule has 5 nitrogen and oxygen atoms in total. The maximum atomic E-state index is 12.0. The molecular formula is C28H55NO4. The van der Waals surface area contributed by atoms with Crippen molar-refractivity contribution in [2.45, 2.75) is 155 Å². The van der Waals surface area contributed by atoms with Crippen LogP contribution in [0.3, 0.4) is 0 Å². The van der Waals surface area contributed by atoms with Crippen molar-refractivity contribution in [3.63, 3.8) is 0 Å². The SMILES string of the molecule is CCCCCCCCCCCC(=O)OCC(C)(N)COC(=O)CCCCCCCCCCC. The van der Waals surface area contributed by atoms with Gasteiger partial charge in [-0.25, -0.2) is 0 Å². The fraction of sp³-hybridized carbons (Fsp3) is 0.929. The van der Waals surface area contributed by atoms with Crippen LogP contribution in [0.2, 0.25) is 0 Å². The van der Waals surface area contributed by atoms with Crippen molar-refractivity contribution in [2.24, 2.45) is 5.73 Å². The molecule has 0 aromatic carbocycles. The van der Waals surface area contributed by atoms with Crippen molar-refractivity contribution in [3.8, 4) is 0 Å². The Labute approximate surface area is 204 Å². The zero-order valence-corrected chi connectivity index (χ0v) is 22.3. The van der Waals surface area contributed by atoms with Crippen molar-refractivity contribution in [2.75, 3.05) is 13.2 Å². The molecule has 33 heavy (non-hydrogen) atoms. The first-order valence-electron chi connectivity index (χ1n) is 14.0. The Morgan fingerprint density at radius 2 is 0.818 bits per heavy atom. The first-order valence-corrected chi connectivity index (χ1v) is 14.0. The van der Waals surface area contributed by atoms with Crippen molar-refractivity contribution in [1.82, 2.24) is 0 Å². The Kier molecular flexibility index (Phi) is 21.9. The van der Waals surface area contributed by atoms with Crippen LogP contribution in [0.15, 0.2) is 0 Å². The zero-order chi connectivity index (χ0) is 24.6. The van der Waals surface area contributed by atoms with E-state index in [1.165, 1.54) is 89.9 Å². The van der Waals surface area contributed by atoms with E-state index in [-0.39, 0.29) is 25.2 Å². The molecule has 0 rings (SSSR count). The maximum Gasteiger partial charge on any atom is 0.305 e. The smallest absolute Gasteiger partial charge is 0.305 e. The van der Waals surface area contributed by atoms with Gasteiger partial charge in [-0.3, -0.25) is 9.59 Å². The largest absolute Gasteiger partial charge is 0.464 e. The molecule has 0 atom stereocenters. The fourth-order valence-electron chi connectivity index (χ4n) is 3.84. The molecule has 0 aromatic rings. The summed E-state index contributed by atoms with van der Waals surface area (Å²) in [5.41, 5.74) is 5.30. The summed E-state index contributed by atoms with van der Waals surface area (Å²) < 4.78 is 10.6. The highest BCUT2D eigenvalue weighted by Crippen LogP contribution is 2.13. The van der Waals surface area contributed by atoms with Crippen LogP contribution in [-0.4, -0.2) is 30.7 Å². The van der Waals surface area contributed by atoms with Crippen LogP contribution in [0.4, 0.5) is 0 Å². The second-order valence-electron chi connectivity index (χ2n) is 10.1. The summed E-state index contributed by atoms with van der Waals surface area (Å²) in [6.07, 6.45) is 22.8. The predicted molar refractivity (Wildman–Crippen MR) is 138 cm³/mol. The molecule has 0 saturated carbocycles. The van der Waals surface area contributed by atoms with E-state index >= 15 is 0 Å². The summed E-state index contributed by atoms with van der Waals surface area (Å²) in [6, 6.07) is 0. The lowest BCUT2D eigenvalue weighted by molar-refractivity contribution is -0.149. The first kappa shape index (κ1) is 31.9. The van der Waals surface area contributed by atoms with Gasteiger partial charge in [-0.1, -0.05) is 117 Å². The number of rotatable bonds is 24. The maximum absolute atomic E-state index is 12.0. The van der Waals surface area contributed by atoms with E-state index in [9.17, 15) is 9.59 Å². The topological polar surface area (TPSA) is 78.6 Å². The normalized spacial score (nSPS) is 11.5. The van der Waals surface area contributed by atoms with Gasteiger partial charge in [0, 0.05) is 12.8 Å². The number of nitrogens with two attached hydrogens (primary N) is 1. The summed E-state index contributed by atoms with van der Waals surface area (Å²) >= 11 is 0. The number of hydrogen-bond donors (Lipinski definition) is 1. The van der Waals surface area contributed by atoms with Gasteiger partial charge in [0.2, 0.25) is 0 Å². The van der Waals surface area contributed by atoms with Crippen molar-refractivity contribution < 1.29 is 19.1 Å². The quantitative estimate of drug-likeness (QED) is 0.116. The Morgan fingerprint density at radius 3 is 1.12 bits per heavy atom. The number of carbonyl (C=O) groups excluding carboxylic acids is 2. The van der Waals surface area contributed by atoms with Crippen LogP contribution in [0.5, 0.6) is 0 Å². The first-order chi connectivity index (χ1) is 15.9. The average molecular weight is 470 g/mol. The molecule has 0 unspecified atom stereocenters. The van der Waals surface area contributed by atoms with E-state index in [4.69, 9.17) is 15.2 Å². The minimum Gasteiger partial charge on any atom is -0.464 e. The number of esters is 2. The lowest BCUT2D eigenvalue weighted by atomic mass is 10.1. The Morgan fingerprint density at radius 1 is 0.545 bits per heavy atom. The standard InChI is InChI=1S/C28H55NO4/c1-4-6-8-10-12-14-16-18-20-22-26(30)32-24-28(3,29)25-33-27(31)23-21-19-17-15-13-11-9-7-5-2/h4-25,29H2,1-3H3. The lowest BCUT2D eigenvalue weighted by Gasteiger charge is -2.23. The van der Waals surface area contributed by atoms with Crippen LogP contribution in [0.1, 0.15) is 149 Å². The van der Waals surface area contributed by atoms with Crippen LogP contribution in [-0.2, 0) is 19.1 Å². The van der Waals surface area contributed by atoms with E-state index in [1.54, 1.807) is 6.92 Å². The number of hydrogen-bond acceptors (Lipinski definition) is 5. The molecule has 0 fully saturated rings. The van der Waals surface area contributed by atoms with Gasteiger partial charge in [0.15, 0.2) is 0 Å². The van der Waals surface area contributed by atoms with Crippen LogP contribution >= 0.6 is 0 Å². The third kappa shape index (κ3) is 23.8. The van der Waals surface area contributed by atoms with E-state index in [0.29, 0.717) is 12.8 Å². The summed E-state index contributed by atoms with van der Waals surface area (Å²) in [7, 11) is 0. The molecule has 0 saturated heterocycles. The molecule has 0 aliphatic heterocycles. The molecule has 5 heteroatoms. The Hall–Kier alpha value is -1.10. The average Bonchev–Trinajstić information content (AvgIpc) is 2.79. The fourth-order valence-corrected chi connectivity index (χ4v) is 3.84. The highest BCUT2D eigenvalue weighted by Gasteiger charge is 2.23. The van der Waals surface area contributed by atoms with E-state index in [2.05, 4.69) is 13.8 Å². The minimum absolute atomic E-state index is 0.0779. The predicted octanol–water partition coefficient (Wildman–Crippen LogP) is 7.63. The Bertz CT molecular complexity index is 425. The van der Waals surface area contributed by atoms with Gasteiger partial charge in [0.1, 0.15) is 13.2 Å². The third-order valence-electron chi connectivity index (χ3n) is 6.09. The van der Waals surface area contributed by atoms with Gasteiger partial charge < -0.3 is 15.2 Å². The van der Waals surface area contributed by atoms with Gasteiger partial charge in [0.25, 0.3) is 0 Å². The highest BCUT2D eigenvalue weighted by molar-refractivity contribution is 5.70. The Balaban J connectivity index is 3.62. The van der Waals surface area contributed by atoms with Gasteiger partial charge in [-0.15, -0.1) is 0 Å². The minimum atomic E-state index is -0.845. The molecule has 0 amide bonds. The number of carbonyl (C=O) groups is 2.